The van der Waals surface area contributed by atoms with E-state index in [9.17, 15) is 17.6 Å². The van der Waals surface area contributed by atoms with Gasteiger partial charge in [-0.3, -0.25) is 0 Å². The molecular weight excluding hydrogens is 402 g/mol. The van der Waals surface area contributed by atoms with Gasteiger partial charge in [0.15, 0.2) is 28.9 Å². The maximum Gasteiger partial charge on any atom is 0.167 e. The molecule has 0 spiro atoms. The number of oxime groups is 1. The molecular formula is C14H14BrF4NO2S. The number of halogens is 5. The molecule has 0 N–H and O–H groups in total. The number of rotatable bonds is 4. The lowest BCUT2D eigenvalue weighted by Crippen LogP contribution is -2.32. The van der Waals surface area contributed by atoms with Gasteiger partial charge in [-0.05, 0) is 13.8 Å². The van der Waals surface area contributed by atoms with Gasteiger partial charge in [0.2, 0.25) is 0 Å². The van der Waals surface area contributed by atoms with Gasteiger partial charge < -0.3 is 9.57 Å². The van der Waals surface area contributed by atoms with Crippen LogP contribution in [0.5, 0.6) is 0 Å². The average molecular weight is 416 g/mol. The van der Waals surface area contributed by atoms with Crippen LogP contribution in [0.2, 0.25) is 0 Å². The second-order valence-corrected chi connectivity index (χ2v) is 7.33. The number of nitrogens with zero attached hydrogens (tertiary/aromatic N) is 1. The molecule has 23 heavy (non-hydrogen) atoms. The lowest BCUT2D eigenvalue weighted by molar-refractivity contribution is 0.0164. The molecule has 1 aromatic carbocycles. The smallest absolute Gasteiger partial charge is 0.167 e. The van der Waals surface area contributed by atoms with E-state index < -0.39 is 46.6 Å². The molecule has 1 unspecified atom stereocenters. The number of hydrogen-bond donors (Lipinski definition) is 0. The van der Waals surface area contributed by atoms with Gasteiger partial charge in [0.25, 0.3) is 0 Å². The van der Waals surface area contributed by atoms with Crippen LogP contribution in [0.4, 0.5) is 17.6 Å². The van der Waals surface area contributed by atoms with Crippen molar-refractivity contribution in [1.29, 1.82) is 0 Å². The van der Waals surface area contributed by atoms with Crippen molar-refractivity contribution in [2.24, 2.45) is 5.16 Å². The summed E-state index contributed by atoms with van der Waals surface area (Å²) >= 11 is 4.32. The minimum atomic E-state index is -1.44. The predicted octanol–water partition coefficient (Wildman–Crippen LogP) is 4.51. The van der Waals surface area contributed by atoms with E-state index in [1.807, 2.05) is 0 Å². The third-order valence-corrected chi connectivity index (χ3v) is 6.17. The number of hydrogen-bond acceptors (Lipinski definition) is 4. The monoisotopic (exact) mass is 415 g/mol. The van der Waals surface area contributed by atoms with Crippen molar-refractivity contribution in [3.05, 3.63) is 34.4 Å². The predicted molar refractivity (Wildman–Crippen MR) is 83.6 cm³/mol. The van der Waals surface area contributed by atoms with Crippen LogP contribution >= 0.6 is 27.7 Å². The van der Waals surface area contributed by atoms with Crippen LogP contribution in [0.3, 0.4) is 0 Å². The van der Waals surface area contributed by atoms with Crippen molar-refractivity contribution in [2.45, 2.75) is 36.6 Å². The van der Waals surface area contributed by atoms with E-state index >= 15 is 0 Å². The number of thioether (sulfide) groups is 1. The first-order chi connectivity index (χ1) is 10.7. The summed E-state index contributed by atoms with van der Waals surface area (Å²) in [5, 5.41) is 4.26. The SMILES string of the molecule is COCc1c(F)c(F)c(CSC2=NOC(C)(C)C2Br)c(F)c1F. The highest BCUT2D eigenvalue weighted by atomic mass is 79.9. The van der Waals surface area contributed by atoms with E-state index in [0.717, 1.165) is 11.8 Å². The molecule has 0 amide bonds. The molecule has 1 aliphatic rings. The summed E-state index contributed by atoms with van der Waals surface area (Å²) in [5.41, 5.74) is -2.06. The third-order valence-electron chi connectivity index (χ3n) is 3.30. The lowest BCUT2D eigenvalue weighted by atomic mass is 10.1. The van der Waals surface area contributed by atoms with Crippen LogP contribution in [0.1, 0.15) is 25.0 Å². The number of alkyl halides is 1. The van der Waals surface area contributed by atoms with Gasteiger partial charge in [-0.2, -0.15) is 0 Å². The van der Waals surface area contributed by atoms with Crippen LogP contribution in [0, 0.1) is 23.3 Å². The summed E-state index contributed by atoms with van der Waals surface area (Å²) in [6.45, 7) is 3.00. The second-order valence-electron chi connectivity index (χ2n) is 5.42. The van der Waals surface area contributed by atoms with Crippen molar-refractivity contribution >= 4 is 32.7 Å². The molecule has 1 atom stereocenters. The zero-order valence-electron chi connectivity index (χ0n) is 12.6. The van der Waals surface area contributed by atoms with Crippen molar-refractivity contribution in [3.63, 3.8) is 0 Å². The maximum absolute atomic E-state index is 14.0. The standard InChI is InChI=1S/C14H14BrF4NO2S/c1-14(2)12(15)13(20-22-14)23-5-7-10(18)8(16)6(4-21-3)9(17)11(7)19/h12H,4-5H2,1-3H3. The Morgan fingerprint density at radius 2 is 1.65 bits per heavy atom. The quantitative estimate of drug-likeness (QED) is 0.411. The molecule has 9 heteroatoms. The molecule has 1 aromatic rings. The Kier molecular flexibility index (Phi) is 5.63. The molecule has 0 aromatic heterocycles. The Morgan fingerprint density at radius 3 is 2.09 bits per heavy atom. The van der Waals surface area contributed by atoms with E-state index in [1.165, 1.54) is 7.11 Å². The second kappa shape index (κ2) is 6.98. The topological polar surface area (TPSA) is 30.8 Å². The summed E-state index contributed by atoms with van der Waals surface area (Å²) in [6.07, 6.45) is 0. The first-order valence-corrected chi connectivity index (χ1v) is 8.46. The van der Waals surface area contributed by atoms with E-state index in [1.54, 1.807) is 13.8 Å². The summed E-state index contributed by atoms with van der Waals surface area (Å²) in [5.74, 6) is -6.05. The van der Waals surface area contributed by atoms with E-state index in [0.29, 0.717) is 5.04 Å². The van der Waals surface area contributed by atoms with Gasteiger partial charge in [0.05, 0.1) is 12.2 Å². The van der Waals surface area contributed by atoms with Crippen LogP contribution < -0.4 is 0 Å². The first kappa shape index (κ1) is 18.5. The van der Waals surface area contributed by atoms with E-state index in [4.69, 9.17) is 4.84 Å². The molecule has 0 saturated carbocycles. The largest absolute Gasteiger partial charge is 0.387 e. The summed E-state index contributed by atoms with van der Waals surface area (Å²) in [4.78, 5) is 4.90. The minimum absolute atomic E-state index is 0.284. The normalized spacial score (nSPS) is 19.7. The zero-order chi connectivity index (χ0) is 17.4. The molecule has 0 radical (unpaired) electrons. The van der Waals surface area contributed by atoms with Gasteiger partial charge in [-0.1, -0.05) is 21.1 Å². The van der Waals surface area contributed by atoms with Crippen molar-refractivity contribution in [2.75, 3.05) is 7.11 Å². The molecule has 128 valence electrons. The number of methoxy groups -OCH3 is 1. The maximum atomic E-state index is 14.0. The Balaban J connectivity index is 2.25. The average Bonchev–Trinajstić information content (AvgIpc) is 2.76. The van der Waals surface area contributed by atoms with Gasteiger partial charge in [0, 0.05) is 18.4 Å². The number of ether oxygens (including phenoxy) is 1. The van der Waals surface area contributed by atoms with Gasteiger partial charge >= 0.3 is 0 Å². The molecule has 0 saturated heterocycles. The van der Waals surface area contributed by atoms with E-state index in [-0.39, 0.29) is 10.6 Å². The Bertz CT molecular complexity index is 625. The number of benzene rings is 1. The summed E-state index contributed by atoms with van der Waals surface area (Å²) in [6, 6.07) is 0. The highest BCUT2D eigenvalue weighted by molar-refractivity contribution is 9.10. The molecule has 0 aliphatic carbocycles. The fourth-order valence-corrected chi connectivity index (χ4v) is 3.55. The molecule has 0 bridgehead atoms. The van der Waals surface area contributed by atoms with Gasteiger partial charge in [-0.25, -0.2) is 17.6 Å². The third kappa shape index (κ3) is 3.51. The highest BCUT2D eigenvalue weighted by Crippen LogP contribution is 2.36. The Hall–Kier alpha value is -0.800. The van der Waals surface area contributed by atoms with Crippen molar-refractivity contribution < 1.29 is 27.1 Å². The van der Waals surface area contributed by atoms with Crippen LogP contribution in [-0.4, -0.2) is 22.6 Å². The Morgan fingerprint density at radius 1 is 1.13 bits per heavy atom. The molecule has 1 heterocycles. The minimum Gasteiger partial charge on any atom is -0.387 e. The lowest BCUT2D eigenvalue weighted by Gasteiger charge is -2.19. The summed E-state index contributed by atoms with van der Waals surface area (Å²) in [7, 11) is 1.18. The van der Waals surface area contributed by atoms with Gasteiger partial charge in [-0.15, -0.1) is 11.8 Å². The van der Waals surface area contributed by atoms with Crippen LogP contribution in [0.15, 0.2) is 5.16 Å². The summed E-state index contributed by atoms with van der Waals surface area (Å²) < 4.78 is 60.3. The van der Waals surface area contributed by atoms with Crippen LogP contribution in [-0.2, 0) is 21.9 Å². The van der Waals surface area contributed by atoms with Crippen molar-refractivity contribution in [3.8, 4) is 0 Å². The molecule has 3 nitrogen and oxygen atoms in total. The molecule has 2 rings (SSSR count). The van der Waals surface area contributed by atoms with E-state index in [2.05, 4.69) is 25.8 Å². The molecule has 1 aliphatic heterocycles. The zero-order valence-corrected chi connectivity index (χ0v) is 15.0. The van der Waals surface area contributed by atoms with Gasteiger partial charge in [0.1, 0.15) is 9.87 Å². The fourth-order valence-electron chi connectivity index (χ4n) is 1.92. The van der Waals surface area contributed by atoms with Crippen LogP contribution in [0.25, 0.3) is 0 Å². The first-order valence-electron chi connectivity index (χ1n) is 6.56. The van der Waals surface area contributed by atoms with Crippen molar-refractivity contribution in [1.82, 2.24) is 0 Å². The molecule has 0 fully saturated rings. The fraction of sp³-hybridized carbons (Fsp3) is 0.500. The Labute approximate surface area is 143 Å². The highest BCUT2D eigenvalue weighted by Gasteiger charge is 2.40.